The minimum absolute atomic E-state index is 0.219. The molecular weight excluding hydrogens is 519 g/mol. The number of nitrogens with zero attached hydrogens (tertiary/aromatic N) is 2. The van der Waals surface area contributed by atoms with E-state index in [0.717, 1.165) is 11.2 Å². The molecule has 0 unspecified atom stereocenters. The largest absolute Gasteiger partial charge is 0.418 e. The Labute approximate surface area is 223 Å². The van der Waals surface area contributed by atoms with Crippen molar-refractivity contribution in [3.05, 3.63) is 124 Å². The molecule has 2 aromatic heterocycles. The van der Waals surface area contributed by atoms with E-state index in [1.807, 2.05) is 6.92 Å². The Balaban J connectivity index is 0.000000260. The number of pyridine rings is 1. The quantitative estimate of drug-likeness (QED) is 0.255. The predicted octanol–water partition coefficient (Wildman–Crippen LogP) is 8.67. The second kappa shape index (κ2) is 14.3. The van der Waals surface area contributed by atoms with Crippen molar-refractivity contribution in [2.24, 2.45) is 0 Å². The number of rotatable bonds is 5. The summed E-state index contributed by atoms with van der Waals surface area (Å²) in [7, 11) is 0. The van der Waals surface area contributed by atoms with E-state index in [4.69, 9.17) is 11.6 Å². The van der Waals surface area contributed by atoms with E-state index in [1.165, 1.54) is 28.7 Å². The molecule has 0 bridgehead atoms. The second-order valence-corrected chi connectivity index (χ2v) is 9.04. The first-order valence-corrected chi connectivity index (χ1v) is 12.5. The van der Waals surface area contributed by atoms with Crippen LogP contribution in [0.25, 0.3) is 0 Å². The lowest BCUT2D eigenvalue weighted by Crippen LogP contribution is -2.13. The van der Waals surface area contributed by atoms with E-state index in [-0.39, 0.29) is 5.82 Å². The number of alkyl halides is 3. The molecule has 0 fully saturated rings. The van der Waals surface area contributed by atoms with Gasteiger partial charge < -0.3 is 5.32 Å². The Morgan fingerprint density at radius 3 is 2.00 bits per heavy atom. The number of aromatic nitrogens is 2. The molecule has 0 aliphatic carbocycles. The lowest BCUT2D eigenvalue weighted by Gasteiger charge is -2.11. The van der Waals surface area contributed by atoms with Gasteiger partial charge in [-0.1, -0.05) is 86.1 Å². The number of hydrogen-bond acceptors (Lipinski definition) is 4. The van der Waals surface area contributed by atoms with Crippen LogP contribution in [-0.2, 0) is 12.6 Å². The number of carbonyl (C=O) groups is 1. The number of nitrogens with one attached hydrogen (secondary N) is 1. The van der Waals surface area contributed by atoms with Gasteiger partial charge in [0.05, 0.1) is 21.8 Å². The number of thiazole rings is 1. The zero-order valence-electron chi connectivity index (χ0n) is 20.4. The number of carbonyl (C=O) groups excluding carboxylic acids is 1. The maximum Gasteiger partial charge on any atom is 0.418 e. The molecule has 0 aliphatic heterocycles. The molecule has 4 aromatic rings. The molecule has 0 atom stereocenters. The van der Waals surface area contributed by atoms with Crippen molar-refractivity contribution >= 4 is 34.7 Å². The average Bonchev–Trinajstić information content (AvgIpc) is 3.41. The standard InChI is InChI=1S/C14H14.C12H9ClF3N3OS.C2H4/c1-12(13-8-4-2-5-9-13)14-10-6-3-7-11-14;1-2-10-18-5-8(21-10)11(20)19-9-3-6(12(14,15)16)7(13)4-17-9;1-2/h2-12H,1H3;3-5H,2H2,1H3,(H,17,19,20);1-2H2. The molecule has 0 aliphatic rings. The normalized spacial score (nSPS) is 10.6. The smallest absolute Gasteiger partial charge is 0.306 e. The first-order chi connectivity index (χ1) is 17.7. The lowest BCUT2D eigenvalue weighted by atomic mass is 9.93. The fourth-order valence-corrected chi connectivity index (χ4v) is 4.12. The summed E-state index contributed by atoms with van der Waals surface area (Å²) in [6, 6.07) is 21.9. The maximum absolute atomic E-state index is 12.7. The van der Waals surface area contributed by atoms with Gasteiger partial charge in [0.2, 0.25) is 0 Å². The van der Waals surface area contributed by atoms with Crippen molar-refractivity contribution in [3.63, 3.8) is 0 Å². The van der Waals surface area contributed by atoms with Crippen LogP contribution >= 0.6 is 22.9 Å². The van der Waals surface area contributed by atoms with Gasteiger partial charge in [-0.25, -0.2) is 9.97 Å². The molecule has 0 saturated carbocycles. The molecule has 4 nitrogen and oxygen atoms in total. The van der Waals surface area contributed by atoms with Crippen molar-refractivity contribution in [2.45, 2.75) is 32.4 Å². The summed E-state index contributed by atoms with van der Waals surface area (Å²) < 4.78 is 38.1. The molecule has 0 radical (unpaired) electrons. The Morgan fingerprint density at radius 2 is 1.54 bits per heavy atom. The van der Waals surface area contributed by atoms with Gasteiger partial charge in [0.1, 0.15) is 10.7 Å². The molecule has 37 heavy (non-hydrogen) atoms. The first kappa shape index (κ1) is 29.7. The average molecular weight is 546 g/mol. The van der Waals surface area contributed by atoms with Crippen LogP contribution in [0, 0.1) is 0 Å². The molecule has 194 valence electrons. The Morgan fingerprint density at radius 1 is 1.00 bits per heavy atom. The number of amides is 1. The highest BCUT2D eigenvalue weighted by Crippen LogP contribution is 2.35. The fraction of sp³-hybridized carbons (Fsp3) is 0.179. The Kier molecular flexibility index (Phi) is 11.5. The van der Waals surface area contributed by atoms with Crippen LogP contribution < -0.4 is 5.32 Å². The van der Waals surface area contributed by atoms with Gasteiger partial charge in [0.15, 0.2) is 0 Å². The third kappa shape index (κ3) is 8.84. The summed E-state index contributed by atoms with van der Waals surface area (Å²) in [5.41, 5.74) is 1.70. The molecule has 4 rings (SSSR count). The zero-order chi connectivity index (χ0) is 27.4. The SMILES string of the molecule is C=C.CC(c1ccccc1)c1ccccc1.CCc1ncc(C(=O)Nc2cc(C(F)(F)F)c(Cl)cn2)s1. The van der Waals surface area contributed by atoms with Crippen molar-refractivity contribution in [1.82, 2.24) is 9.97 Å². The van der Waals surface area contributed by atoms with Crippen LogP contribution in [0.5, 0.6) is 0 Å². The summed E-state index contributed by atoms with van der Waals surface area (Å²) in [5.74, 6) is -0.296. The van der Waals surface area contributed by atoms with E-state index >= 15 is 0 Å². The van der Waals surface area contributed by atoms with Crippen LogP contribution in [0.15, 0.2) is 92.3 Å². The zero-order valence-corrected chi connectivity index (χ0v) is 22.0. The monoisotopic (exact) mass is 545 g/mol. The third-order valence-corrected chi connectivity index (χ3v) is 6.52. The third-order valence-electron chi connectivity index (χ3n) is 5.08. The Hall–Kier alpha value is -3.49. The van der Waals surface area contributed by atoms with Gasteiger partial charge in [0, 0.05) is 12.1 Å². The van der Waals surface area contributed by atoms with E-state index in [2.05, 4.69) is 96.0 Å². The van der Waals surface area contributed by atoms with Gasteiger partial charge in [-0.05, 0) is 23.6 Å². The van der Waals surface area contributed by atoms with E-state index in [9.17, 15) is 18.0 Å². The Bertz CT molecular complexity index is 1230. The number of anilines is 1. The number of hydrogen-bond donors (Lipinski definition) is 1. The topological polar surface area (TPSA) is 54.9 Å². The van der Waals surface area contributed by atoms with Crippen LogP contribution in [0.1, 0.15) is 51.1 Å². The van der Waals surface area contributed by atoms with Gasteiger partial charge in [0.25, 0.3) is 5.91 Å². The number of aryl methyl sites for hydroxylation is 1. The minimum Gasteiger partial charge on any atom is -0.306 e. The number of benzene rings is 2. The molecule has 0 spiro atoms. The molecule has 0 saturated heterocycles. The minimum atomic E-state index is -4.61. The molecule has 2 heterocycles. The van der Waals surface area contributed by atoms with E-state index < -0.39 is 22.7 Å². The van der Waals surface area contributed by atoms with Crippen molar-refractivity contribution in [3.8, 4) is 0 Å². The van der Waals surface area contributed by atoms with Crippen molar-refractivity contribution in [2.75, 3.05) is 5.32 Å². The van der Waals surface area contributed by atoms with Gasteiger partial charge in [-0.2, -0.15) is 13.2 Å². The van der Waals surface area contributed by atoms with Crippen LogP contribution in [-0.4, -0.2) is 15.9 Å². The first-order valence-electron chi connectivity index (χ1n) is 11.3. The van der Waals surface area contributed by atoms with Crippen LogP contribution in [0.2, 0.25) is 5.02 Å². The molecular formula is C28H27ClF3N3OS. The lowest BCUT2D eigenvalue weighted by molar-refractivity contribution is -0.137. The fourth-order valence-electron chi connectivity index (χ4n) is 3.16. The highest BCUT2D eigenvalue weighted by atomic mass is 35.5. The van der Waals surface area contributed by atoms with Gasteiger partial charge in [-0.15, -0.1) is 24.5 Å². The highest BCUT2D eigenvalue weighted by molar-refractivity contribution is 7.13. The van der Waals surface area contributed by atoms with Crippen molar-refractivity contribution < 1.29 is 18.0 Å². The number of halogens is 4. The van der Waals surface area contributed by atoms with Gasteiger partial charge >= 0.3 is 6.18 Å². The molecule has 9 heteroatoms. The summed E-state index contributed by atoms with van der Waals surface area (Å²) in [6.45, 7) is 10.1. The predicted molar refractivity (Wildman–Crippen MR) is 145 cm³/mol. The molecule has 2 aromatic carbocycles. The highest BCUT2D eigenvalue weighted by Gasteiger charge is 2.34. The summed E-state index contributed by atoms with van der Waals surface area (Å²) in [6.07, 6.45) is -1.71. The van der Waals surface area contributed by atoms with Crippen LogP contribution in [0.4, 0.5) is 19.0 Å². The van der Waals surface area contributed by atoms with E-state index in [0.29, 0.717) is 23.3 Å². The van der Waals surface area contributed by atoms with Crippen LogP contribution in [0.3, 0.4) is 0 Å². The van der Waals surface area contributed by atoms with Gasteiger partial charge in [-0.3, -0.25) is 4.79 Å². The summed E-state index contributed by atoms with van der Waals surface area (Å²) in [4.78, 5) is 19.9. The maximum atomic E-state index is 12.7. The summed E-state index contributed by atoms with van der Waals surface area (Å²) >= 11 is 6.63. The second-order valence-electron chi connectivity index (χ2n) is 7.52. The van der Waals surface area contributed by atoms with E-state index in [1.54, 1.807) is 0 Å². The molecule has 1 amide bonds. The summed E-state index contributed by atoms with van der Waals surface area (Å²) in [5, 5.41) is 2.54. The molecule has 1 N–H and O–H groups in total. The van der Waals surface area contributed by atoms with Crippen molar-refractivity contribution in [1.29, 1.82) is 0 Å².